The van der Waals surface area contributed by atoms with Gasteiger partial charge in [-0.3, -0.25) is 4.90 Å². The summed E-state index contributed by atoms with van der Waals surface area (Å²) in [7, 11) is 0. The smallest absolute Gasteiger partial charge is 0.0622 e. The molecule has 1 aromatic rings. The Kier molecular flexibility index (Phi) is 3.34. The summed E-state index contributed by atoms with van der Waals surface area (Å²) in [5.41, 5.74) is 9.33. The van der Waals surface area contributed by atoms with Crippen molar-refractivity contribution in [3.63, 3.8) is 0 Å². The molecule has 2 rings (SSSR count). The van der Waals surface area contributed by atoms with Crippen LogP contribution in [0.2, 0.25) is 0 Å². The molecule has 0 radical (unpaired) electrons. The molecular weight excluding hydrogens is 198 g/mol. The van der Waals surface area contributed by atoms with E-state index in [-0.39, 0.29) is 0 Å². The summed E-state index contributed by atoms with van der Waals surface area (Å²) in [5.74, 6) is 0. The Labute approximate surface area is 97.6 Å². The summed E-state index contributed by atoms with van der Waals surface area (Å²) in [4.78, 5) is 2.51. The minimum absolute atomic E-state index is 0.452. The SMILES string of the molecule is CCCN1CCNc2c(N)cccc2C1C. The van der Waals surface area contributed by atoms with Crippen molar-refractivity contribution in [1.82, 2.24) is 4.90 Å². The van der Waals surface area contributed by atoms with Crippen molar-refractivity contribution in [2.24, 2.45) is 0 Å². The second-order valence-electron chi connectivity index (χ2n) is 4.45. The molecule has 1 aromatic carbocycles. The van der Waals surface area contributed by atoms with Crippen molar-refractivity contribution in [3.05, 3.63) is 23.8 Å². The monoisotopic (exact) mass is 219 g/mol. The zero-order chi connectivity index (χ0) is 11.5. The van der Waals surface area contributed by atoms with Gasteiger partial charge in [0, 0.05) is 19.1 Å². The average Bonchev–Trinajstić information content (AvgIpc) is 2.43. The van der Waals surface area contributed by atoms with Crippen molar-refractivity contribution < 1.29 is 0 Å². The lowest BCUT2D eigenvalue weighted by molar-refractivity contribution is 0.224. The Hall–Kier alpha value is -1.22. The first kappa shape index (κ1) is 11.3. The summed E-state index contributed by atoms with van der Waals surface area (Å²) in [6.45, 7) is 7.71. The van der Waals surface area contributed by atoms with Crippen molar-refractivity contribution in [3.8, 4) is 0 Å². The van der Waals surface area contributed by atoms with E-state index in [1.165, 1.54) is 12.0 Å². The molecule has 0 aromatic heterocycles. The fourth-order valence-electron chi connectivity index (χ4n) is 2.45. The molecule has 0 saturated carbocycles. The molecule has 3 nitrogen and oxygen atoms in total. The first-order chi connectivity index (χ1) is 7.74. The number of rotatable bonds is 2. The van der Waals surface area contributed by atoms with E-state index in [1.807, 2.05) is 12.1 Å². The molecule has 3 N–H and O–H groups in total. The van der Waals surface area contributed by atoms with Gasteiger partial charge in [0.2, 0.25) is 0 Å². The Morgan fingerprint density at radius 3 is 3.06 bits per heavy atom. The maximum atomic E-state index is 6.01. The van der Waals surface area contributed by atoms with Crippen LogP contribution in [-0.2, 0) is 0 Å². The number of nitrogens with one attached hydrogen (secondary N) is 1. The minimum atomic E-state index is 0.452. The fraction of sp³-hybridized carbons (Fsp3) is 0.538. The van der Waals surface area contributed by atoms with Crippen LogP contribution in [0.5, 0.6) is 0 Å². The highest BCUT2D eigenvalue weighted by atomic mass is 15.2. The van der Waals surface area contributed by atoms with Crippen LogP contribution in [0.1, 0.15) is 31.9 Å². The highest BCUT2D eigenvalue weighted by molar-refractivity contribution is 5.71. The largest absolute Gasteiger partial charge is 0.397 e. The van der Waals surface area contributed by atoms with E-state index < -0.39 is 0 Å². The zero-order valence-corrected chi connectivity index (χ0v) is 10.2. The third-order valence-corrected chi connectivity index (χ3v) is 3.34. The Bertz CT molecular complexity index is 362. The van der Waals surface area contributed by atoms with Crippen LogP contribution < -0.4 is 11.1 Å². The second-order valence-corrected chi connectivity index (χ2v) is 4.45. The van der Waals surface area contributed by atoms with Gasteiger partial charge in [0.15, 0.2) is 0 Å². The van der Waals surface area contributed by atoms with E-state index in [4.69, 9.17) is 5.73 Å². The van der Waals surface area contributed by atoms with Gasteiger partial charge < -0.3 is 11.1 Å². The summed E-state index contributed by atoms with van der Waals surface area (Å²) in [5, 5.41) is 3.45. The summed E-state index contributed by atoms with van der Waals surface area (Å²) in [6.07, 6.45) is 1.20. The molecule has 1 atom stereocenters. The average molecular weight is 219 g/mol. The number of hydrogen-bond acceptors (Lipinski definition) is 3. The van der Waals surface area contributed by atoms with Gasteiger partial charge in [-0.05, 0) is 31.5 Å². The number of fused-ring (bicyclic) bond motifs is 1. The summed E-state index contributed by atoms with van der Waals surface area (Å²) >= 11 is 0. The van der Waals surface area contributed by atoms with Crippen LogP contribution >= 0.6 is 0 Å². The number of nitrogens with two attached hydrogens (primary N) is 1. The lowest BCUT2D eigenvalue weighted by Gasteiger charge is -2.26. The van der Waals surface area contributed by atoms with E-state index >= 15 is 0 Å². The van der Waals surface area contributed by atoms with Crippen molar-refractivity contribution in [2.75, 3.05) is 30.7 Å². The molecule has 0 amide bonds. The molecule has 3 heteroatoms. The van der Waals surface area contributed by atoms with Crippen LogP contribution in [0.25, 0.3) is 0 Å². The van der Waals surface area contributed by atoms with Crippen LogP contribution in [0, 0.1) is 0 Å². The Balaban J connectivity index is 2.33. The quantitative estimate of drug-likeness (QED) is 0.751. The summed E-state index contributed by atoms with van der Waals surface area (Å²) < 4.78 is 0. The Morgan fingerprint density at radius 2 is 2.31 bits per heavy atom. The predicted octanol–water partition coefficient (Wildman–Crippen LogP) is 2.47. The standard InChI is InChI=1S/C13H21N3/c1-3-8-16-9-7-15-13-11(10(16)2)5-4-6-12(13)14/h4-6,10,15H,3,7-9,14H2,1-2H3. The van der Waals surface area contributed by atoms with Gasteiger partial charge in [-0.1, -0.05) is 19.1 Å². The maximum absolute atomic E-state index is 6.01. The van der Waals surface area contributed by atoms with E-state index in [0.29, 0.717) is 6.04 Å². The summed E-state index contributed by atoms with van der Waals surface area (Å²) in [6, 6.07) is 6.64. The van der Waals surface area contributed by atoms with Gasteiger partial charge in [-0.15, -0.1) is 0 Å². The molecule has 0 fully saturated rings. The number of nitrogens with zero attached hydrogens (tertiary/aromatic N) is 1. The Morgan fingerprint density at radius 1 is 1.50 bits per heavy atom. The molecule has 0 aliphatic carbocycles. The van der Waals surface area contributed by atoms with E-state index in [9.17, 15) is 0 Å². The molecule has 16 heavy (non-hydrogen) atoms. The number of para-hydroxylation sites is 1. The molecule has 0 spiro atoms. The molecule has 0 saturated heterocycles. The number of anilines is 2. The zero-order valence-electron chi connectivity index (χ0n) is 10.2. The maximum Gasteiger partial charge on any atom is 0.0622 e. The molecular formula is C13H21N3. The number of benzene rings is 1. The molecule has 1 unspecified atom stereocenters. The van der Waals surface area contributed by atoms with Crippen LogP contribution in [0.4, 0.5) is 11.4 Å². The van der Waals surface area contributed by atoms with Crippen LogP contribution in [-0.4, -0.2) is 24.5 Å². The van der Waals surface area contributed by atoms with Gasteiger partial charge in [-0.25, -0.2) is 0 Å². The van der Waals surface area contributed by atoms with Crippen molar-refractivity contribution >= 4 is 11.4 Å². The highest BCUT2D eigenvalue weighted by Crippen LogP contribution is 2.33. The van der Waals surface area contributed by atoms with Gasteiger partial charge in [0.25, 0.3) is 0 Å². The first-order valence-corrected chi connectivity index (χ1v) is 6.10. The molecule has 1 aliphatic rings. The minimum Gasteiger partial charge on any atom is -0.397 e. The van der Waals surface area contributed by atoms with Crippen molar-refractivity contribution in [1.29, 1.82) is 0 Å². The van der Waals surface area contributed by atoms with Gasteiger partial charge >= 0.3 is 0 Å². The number of nitrogen functional groups attached to an aromatic ring is 1. The highest BCUT2D eigenvalue weighted by Gasteiger charge is 2.21. The third-order valence-electron chi connectivity index (χ3n) is 3.34. The lowest BCUT2D eigenvalue weighted by Crippen LogP contribution is -2.29. The van der Waals surface area contributed by atoms with Gasteiger partial charge in [0.1, 0.15) is 0 Å². The third kappa shape index (κ3) is 2.00. The second kappa shape index (κ2) is 4.74. The van der Waals surface area contributed by atoms with Gasteiger partial charge in [0.05, 0.1) is 11.4 Å². The fourth-order valence-corrected chi connectivity index (χ4v) is 2.45. The van der Waals surface area contributed by atoms with Crippen LogP contribution in [0.3, 0.4) is 0 Å². The number of hydrogen-bond donors (Lipinski definition) is 2. The lowest BCUT2D eigenvalue weighted by atomic mass is 10.0. The topological polar surface area (TPSA) is 41.3 Å². The molecule has 0 bridgehead atoms. The first-order valence-electron chi connectivity index (χ1n) is 6.10. The molecule has 1 aliphatic heterocycles. The van der Waals surface area contributed by atoms with Crippen LogP contribution in [0.15, 0.2) is 18.2 Å². The van der Waals surface area contributed by atoms with E-state index in [0.717, 1.165) is 31.0 Å². The normalized spacial score (nSPS) is 21.0. The van der Waals surface area contributed by atoms with Crippen molar-refractivity contribution in [2.45, 2.75) is 26.3 Å². The predicted molar refractivity (Wildman–Crippen MR) is 69.6 cm³/mol. The molecule has 1 heterocycles. The van der Waals surface area contributed by atoms with E-state index in [1.54, 1.807) is 0 Å². The van der Waals surface area contributed by atoms with Gasteiger partial charge in [-0.2, -0.15) is 0 Å². The molecule has 88 valence electrons. The van der Waals surface area contributed by atoms with E-state index in [2.05, 4.69) is 30.1 Å².